The third kappa shape index (κ3) is 5.45. The molecule has 1 aromatic rings. The molecule has 0 bridgehead atoms. The van der Waals surface area contributed by atoms with Gasteiger partial charge in [-0.25, -0.2) is 13.9 Å². The molecule has 1 heterocycles. The van der Waals surface area contributed by atoms with Crippen LogP contribution in [0.4, 0.5) is 5.95 Å². The van der Waals surface area contributed by atoms with Crippen LogP contribution in [-0.4, -0.2) is 67.9 Å². The zero-order valence-corrected chi connectivity index (χ0v) is 19.7. The van der Waals surface area contributed by atoms with Crippen LogP contribution in [0.3, 0.4) is 0 Å². The highest BCUT2D eigenvalue weighted by Crippen LogP contribution is 2.56. The third-order valence-corrected chi connectivity index (χ3v) is 7.40. The summed E-state index contributed by atoms with van der Waals surface area (Å²) in [5.41, 5.74) is 0.146. The van der Waals surface area contributed by atoms with E-state index in [1.54, 1.807) is 30.4 Å². The van der Waals surface area contributed by atoms with Crippen LogP contribution in [0.15, 0.2) is 0 Å². The maximum atomic E-state index is 13.7. The maximum absolute atomic E-state index is 13.7. The van der Waals surface area contributed by atoms with E-state index < -0.39 is 24.6 Å². The van der Waals surface area contributed by atoms with Crippen molar-refractivity contribution in [1.82, 2.24) is 18.9 Å². The normalized spacial score (nSPS) is 13.3. The van der Waals surface area contributed by atoms with E-state index in [0.29, 0.717) is 36.5 Å². The average molecular weight is 533 g/mol. The summed E-state index contributed by atoms with van der Waals surface area (Å²) in [5.74, 6) is -0.466. The molecule has 0 amide bonds. The van der Waals surface area contributed by atoms with E-state index >= 15 is 0 Å². The fourth-order valence-corrected chi connectivity index (χ4v) is 6.29. The second-order valence-corrected chi connectivity index (χ2v) is 9.89. The van der Waals surface area contributed by atoms with Gasteiger partial charge in [-0.3, -0.25) is 13.9 Å². The molecule has 10 nitrogen and oxygen atoms in total. The van der Waals surface area contributed by atoms with Crippen LogP contribution in [0.2, 0.25) is 0 Å². The number of rotatable bonds is 12. The van der Waals surface area contributed by atoms with Gasteiger partial charge < -0.3 is 10.1 Å². The standard InChI is InChI=1S/C14H24Br2N5O5P/c1-5-12(13-11(10-22)17-14(20(13)4)21(23)24)26-27(25,18(2)8-6-15)19(3)9-7-16/h10,12H,5-9H2,1-4H3. The summed E-state index contributed by atoms with van der Waals surface area (Å²) in [6.07, 6.45) is -0.00652. The highest BCUT2D eigenvalue weighted by atomic mass is 79.9. The van der Waals surface area contributed by atoms with E-state index in [0.717, 1.165) is 0 Å². The quantitative estimate of drug-likeness (QED) is 0.132. The Labute approximate surface area is 175 Å². The number of imidazole rings is 1. The number of alkyl halides is 2. The monoisotopic (exact) mass is 531 g/mol. The Morgan fingerprint density at radius 2 is 1.85 bits per heavy atom. The van der Waals surface area contributed by atoms with E-state index in [4.69, 9.17) is 4.52 Å². The summed E-state index contributed by atoms with van der Waals surface area (Å²) in [6.45, 7) is 2.72. The number of hydrogen-bond donors (Lipinski definition) is 0. The molecule has 0 N–H and O–H groups in total. The van der Waals surface area contributed by atoms with Crippen LogP contribution >= 0.6 is 39.5 Å². The first-order chi connectivity index (χ1) is 12.7. The van der Waals surface area contributed by atoms with Gasteiger partial charge in [-0.1, -0.05) is 43.8 Å². The van der Waals surface area contributed by atoms with Gasteiger partial charge in [-0.15, -0.1) is 0 Å². The van der Waals surface area contributed by atoms with Crippen LogP contribution in [0, 0.1) is 10.1 Å². The molecular formula is C14H24Br2N5O5P. The second-order valence-electron chi connectivity index (χ2n) is 5.75. The van der Waals surface area contributed by atoms with Crippen molar-refractivity contribution < 1.29 is 18.8 Å². The second kappa shape index (κ2) is 10.8. The van der Waals surface area contributed by atoms with Crippen LogP contribution < -0.4 is 0 Å². The van der Waals surface area contributed by atoms with Gasteiger partial charge in [0.1, 0.15) is 6.10 Å². The fraction of sp³-hybridized carbons (Fsp3) is 0.714. The number of aromatic nitrogens is 2. The molecule has 0 aliphatic rings. The number of carbonyl (C=O) groups is 1. The molecule has 1 rings (SSSR count). The molecule has 27 heavy (non-hydrogen) atoms. The highest BCUT2D eigenvalue weighted by molar-refractivity contribution is 9.09. The highest BCUT2D eigenvalue weighted by Gasteiger charge is 2.40. The van der Waals surface area contributed by atoms with Crippen molar-refractivity contribution in [2.75, 3.05) is 37.8 Å². The third-order valence-electron chi connectivity index (χ3n) is 4.04. The van der Waals surface area contributed by atoms with E-state index in [9.17, 15) is 19.5 Å². The zero-order valence-electron chi connectivity index (χ0n) is 15.7. The summed E-state index contributed by atoms with van der Waals surface area (Å²) >= 11 is 6.66. The molecule has 0 saturated heterocycles. The number of hydrogen-bond acceptors (Lipinski definition) is 6. The molecule has 0 fully saturated rings. The van der Waals surface area contributed by atoms with E-state index in [1.807, 2.05) is 0 Å². The van der Waals surface area contributed by atoms with Gasteiger partial charge in [0.25, 0.3) is 0 Å². The molecule has 1 aromatic heterocycles. The lowest BCUT2D eigenvalue weighted by Crippen LogP contribution is -2.31. The summed E-state index contributed by atoms with van der Waals surface area (Å²) in [7, 11) is 1.35. The van der Waals surface area contributed by atoms with Crippen molar-refractivity contribution in [3.05, 3.63) is 21.5 Å². The number of nitrogens with zero attached hydrogens (tertiary/aromatic N) is 5. The molecule has 0 aliphatic carbocycles. The van der Waals surface area contributed by atoms with Crippen LogP contribution in [-0.2, 0) is 16.1 Å². The van der Waals surface area contributed by atoms with Crippen LogP contribution in [0.25, 0.3) is 0 Å². The van der Waals surface area contributed by atoms with Crippen LogP contribution in [0.1, 0.15) is 35.6 Å². The predicted molar refractivity (Wildman–Crippen MR) is 110 cm³/mol. The smallest absolute Gasteiger partial charge is 0.390 e. The molecule has 154 valence electrons. The van der Waals surface area contributed by atoms with E-state index in [2.05, 4.69) is 36.8 Å². The van der Waals surface area contributed by atoms with Crippen molar-refractivity contribution in [1.29, 1.82) is 0 Å². The summed E-state index contributed by atoms with van der Waals surface area (Å²) < 4.78 is 24.2. The molecule has 0 aromatic carbocycles. The number of carbonyl (C=O) groups excluding carboxylic acids is 1. The van der Waals surface area contributed by atoms with Gasteiger partial charge >= 0.3 is 13.6 Å². The number of halogens is 2. The molecule has 0 spiro atoms. The Balaban J connectivity index is 3.40. The fourth-order valence-electron chi connectivity index (χ4n) is 2.55. The van der Waals surface area contributed by atoms with Crippen molar-refractivity contribution >= 4 is 51.8 Å². The first-order valence-electron chi connectivity index (χ1n) is 8.17. The Hall–Kier alpha value is -0.650. The van der Waals surface area contributed by atoms with Crippen molar-refractivity contribution in [2.45, 2.75) is 19.4 Å². The van der Waals surface area contributed by atoms with Gasteiger partial charge in [-0.05, 0) is 25.4 Å². The number of nitro groups is 1. The van der Waals surface area contributed by atoms with Gasteiger partial charge in [-0.2, -0.15) is 0 Å². The molecule has 0 aliphatic heterocycles. The van der Waals surface area contributed by atoms with Gasteiger partial charge in [0.05, 0.1) is 7.05 Å². The zero-order chi connectivity index (χ0) is 20.8. The summed E-state index contributed by atoms with van der Waals surface area (Å²) in [6, 6.07) is 0. The first kappa shape index (κ1) is 24.4. The Morgan fingerprint density at radius 3 is 2.22 bits per heavy atom. The lowest BCUT2D eigenvalue weighted by atomic mass is 10.1. The Bertz CT molecular complexity index is 700. The minimum atomic E-state index is -3.46. The topological polar surface area (TPSA) is 111 Å². The first-order valence-corrected chi connectivity index (χ1v) is 11.9. The van der Waals surface area contributed by atoms with Gasteiger partial charge in [0.15, 0.2) is 12.0 Å². The minimum Gasteiger partial charge on any atom is -0.390 e. The van der Waals surface area contributed by atoms with Crippen LogP contribution in [0.5, 0.6) is 0 Å². The van der Waals surface area contributed by atoms with Gasteiger partial charge in [0.2, 0.25) is 5.69 Å². The summed E-state index contributed by atoms with van der Waals surface area (Å²) in [4.78, 5) is 25.7. The lowest BCUT2D eigenvalue weighted by Gasteiger charge is -2.35. The summed E-state index contributed by atoms with van der Waals surface area (Å²) in [5, 5.41) is 12.3. The molecule has 1 atom stereocenters. The largest absolute Gasteiger partial charge is 0.435 e. The molecule has 0 radical (unpaired) electrons. The van der Waals surface area contributed by atoms with E-state index in [1.165, 1.54) is 11.6 Å². The molecular weight excluding hydrogens is 509 g/mol. The number of aldehydes is 1. The lowest BCUT2D eigenvalue weighted by molar-refractivity contribution is -0.396. The predicted octanol–water partition coefficient (Wildman–Crippen LogP) is 3.37. The Morgan fingerprint density at radius 1 is 1.33 bits per heavy atom. The average Bonchev–Trinajstić information content (AvgIpc) is 2.96. The van der Waals surface area contributed by atoms with E-state index in [-0.39, 0.29) is 11.4 Å². The van der Waals surface area contributed by atoms with Crippen molar-refractivity contribution in [2.24, 2.45) is 7.05 Å². The molecule has 13 heteroatoms. The minimum absolute atomic E-state index is 0.0890. The SMILES string of the molecule is CCC(OP(=O)(N(C)CCBr)N(C)CCBr)c1c(C=O)nc([N+](=O)[O-])n1C. The van der Waals surface area contributed by atoms with Crippen molar-refractivity contribution in [3.8, 4) is 0 Å². The van der Waals surface area contributed by atoms with Gasteiger partial charge in [0, 0.05) is 23.7 Å². The van der Waals surface area contributed by atoms with Crippen molar-refractivity contribution in [3.63, 3.8) is 0 Å². The maximum Gasteiger partial charge on any atom is 0.435 e. The molecule has 1 unspecified atom stereocenters. The molecule has 0 saturated carbocycles. The Kier molecular flexibility index (Phi) is 9.73.